The highest BCUT2D eigenvalue weighted by Crippen LogP contribution is 2.34. The summed E-state index contributed by atoms with van der Waals surface area (Å²) in [7, 11) is 1.62. The molecular formula is C31H23F2N5O3. The van der Waals surface area contributed by atoms with Gasteiger partial charge in [-0.1, -0.05) is 30.3 Å². The first-order valence-electron chi connectivity index (χ1n) is 12.7. The average molecular weight is 552 g/mol. The summed E-state index contributed by atoms with van der Waals surface area (Å²) in [4.78, 5) is 33.8. The molecule has 3 aromatic carbocycles. The molecule has 41 heavy (non-hydrogen) atoms. The van der Waals surface area contributed by atoms with Crippen molar-refractivity contribution in [3.63, 3.8) is 0 Å². The number of fused-ring (bicyclic) bond motifs is 1. The quantitative estimate of drug-likeness (QED) is 0.252. The van der Waals surface area contributed by atoms with E-state index in [1.54, 1.807) is 26.2 Å². The zero-order valence-corrected chi connectivity index (χ0v) is 22.0. The third-order valence-electron chi connectivity index (χ3n) is 6.84. The van der Waals surface area contributed by atoms with Crippen LogP contribution in [0.3, 0.4) is 0 Å². The van der Waals surface area contributed by atoms with E-state index in [-0.39, 0.29) is 17.0 Å². The Kier molecular flexibility index (Phi) is 6.43. The maximum absolute atomic E-state index is 15.1. The van der Waals surface area contributed by atoms with Crippen molar-refractivity contribution in [1.29, 1.82) is 0 Å². The summed E-state index contributed by atoms with van der Waals surface area (Å²) in [6.45, 7) is 1.62. The van der Waals surface area contributed by atoms with Gasteiger partial charge in [0.15, 0.2) is 11.6 Å². The number of aromatic amines is 1. The van der Waals surface area contributed by atoms with E-state index in [1.165, 1.54) is 45.8 Å². The van der Waals surface area contributed by atoms with Crippen LogP contribution in [0.2, 0.25) is 0 Å². The van der Waals surface area contributed by atoms with Crippen LogP contribution in [0, 0.1) is 18.6 Å². The normalized spacial score (nSPS) is 11.1. The predicted octanol–water partition coefficient (Wildman–Crippen LogP) is 6.35. The highest BCUT2D eigenvalue weighted by Gasteiger charge is 2.23. The largest absolute Gasteiger partial charge is 0.453 e. The molecule has 10 heteroatoms. The maximum Gasteiger partial charge on any atom is 0.284 e. The van der Waals surface area contributed by atoms with Crippen molar-refractivity contribution in [2.75, 3.05) is 5.32 Å². The number of benzene rings is 3. The molecule has 0 aliphatic heterocycles. The molecule has 0 spiro atoms. The molecule has 0 saturated heterocycles. The lowest BCUT2D eigenvalue weighted by molar-refractivity contribution is 0.102. The molecule has 204 valence electrons. The second-order valence-corrected chi connectivity index (χ2v) is 9.40. The van der Waals surface area contributed by atoms with Crippen LogP contribution in [0.15, 0.2) is 95.9 Å². The number of aromatic nitrogens is 4. The van der Waals surface area contributed by atoms with E-state index in [1.807, 2.05) is 36.4 Å². The van der Waals surface area contributed by atoms with E-state index in [4.69, 9.17) is 4.74 Å². The Hall–Kier alpha value is -5.51. The van der Waals surface area contributed by atoms with E-state index in [2.05, 4.69) is 15.3 Å². The monoisotopic (exact) mass is 551 g/mol. The smallest absolute Gasteiger partial charge is 0.284 e. The lowest BCUT2D eigenvalue weighted by Crippen LogP contribution is -2.25. The third-order valence-corrected chi connectivity index (χ3v) is 6.84. The zero-order valence-electron chi connectivity index (χ0n) is 22.0. The van der Waals surface area contributed by atoms with Crippen molar-refractivity contribution in [2.24, 2.45) is 7.05 Å². The van der Waals surface area contributed by atoms with Crippen molar-refractivity contribution < 1.29 is 18.3 Å². The molecule has 8 nitrogen and oxygen atoms in total. The first-order valence-corrected chi connectivity index (χ1v) is 12.7. The van der Waals surface area contributed by atoms with Crippen molar-refractivity contribution in [2.45, 2.75) is 6.92 Å². The van der Waals surface area contributed by atoms with Crippen LogP contribution in [0.25, 0.3) is 28.0 Å². The maximum atomic E-state index is 15.1. The zero-order chi connectivity index (χ0) is 28.7. The summed E-state index contributed by atoms with van der Waals surface area (Å²) in [6, 6.07) is 22.6. The second kappa shape index (κ2) is 10.2. The van der Waals surface area contributed by atoms with Crippen molar-refractivity contribution >= 4 is 22.6 Å². The molecule has 0 aliphatic rings. The first kappa shape index (κ1) is 25.8. The summed E-state index contributed by atoms with van der Waals surface area (Å²) >= 11 is 0. The molecule has 1 amide bonds. The number of ether oxygens (including phenoxy) is 1. The number of nitrogens with one attached hydrogen (secondary N) is 2. The van der Waals surface area contributed by atoms with E-state index in [0.29, 0.717) is 28.2 Å². The van der Waals surface area contributed by atoms with Crippen LogP contribution in [-0.2, 0) is 7.05 Å². The molecule has 3 aromatic heterocycles. The van der Waals surface area contributed by atoms with Crippen LogP contribution in [0.5, 0.6) is 11.5 Å². The fraction of sp³-hybridized carbons (Fsp3) is 0.0645. The van der Waals surface area contributed by atoms with Gasteiger partial charge < -0.3 is 15.0 Å². The van der Waals surface area contributed by atoms with Crippen molar-refractivity contribution in [1.82, 2.24) is 19.3 Å². The predicted molar refractivity (Wildman–Crippen MR) is 152 cm³/mol. The molecule has 0 bridgehead atoms. The molecule has 6 aromatic rings. The van der Waals surface area contributed by atoms with Gasteiger partial charge in [0.05, 0.1) is 16.8 Å². The summed E-state index contributed by atoms with van der Waals surface area (Å²) in [5.74, 6) is -1.50. The molecule has 0 unspecified atom stereocenters. The number of anilines is 1. The summed E-state index contributed by atoms with van der Waals surface area (Å²) in [5.41, 5.74) is 2.64. The second-order valence-electron chi connectivity index (χ2n) is 9.40. The van der Waals surface area contributed by atoms with Crippen LogP contribution in [0.1, 0.15) is 16.1 Å². The Morgan fingerprint density at radius 1 is 0.951 bits per heavy atom. The van der Waals surface area contributed by atoms with E-state index < -0.39 is 23.1 Å². The number of amides is 1. The van der Waals surface area contributed by atoms with E-state index in [0.717, 1.165) is 17.3 Å². The summed E-state index contributed by atoms with van der Waals surface area (Å²) in [6.07, 6.45) is 1.57. The molecule has 0 aliphatic carbocycles. The van der Waals surface area contributed by atoms with Crippen LogP contribution in [-0.4, -0.2) is 25.2 Å². The number of pyridine rings is 1. The van der Waals surface area contributed by atoms with Crippen molar-refractivity contribution in [3.8, 4) is 28.4 Å². The van der Waals surface area contributed by atoms with E-state index in [9.17, 15) is 14.0 Å². The minimum absolute atomic E-state index is 0.0486. The highest BCUT2D eigenvalue weighted by atomic mass is 19.1. The fourth-order valence-electron chi connectivity index (χ4n) is 4.68. The molecule has 6 rings (SSSR count). The third kappa shape index (κ3) is 4.76. The molecule has 2 N–H and O–H groups in total. The van der Waals surface area contributed by atoms with Crippen molar-refractivity contribution in [3.05, 3.63) is 124 Å². The summed E-state index contributed by atoms with van der Waals surface area (Å²) in [5, 5.41) is 3.27. The van der Waals surface area contributed by atoms with E-state index >= 15 is 4.39 Å². The lowest BCUT2D eigenvalue weighted by atomic mass is 10.1. The molecule has 0 fully saturated rings. The van der Waals surface area contributed by atoms with Gasteiger partial charge in [-0.05, 0) is 61.0 Å². The van der Waals surface area contributed by atoms with Gasteiger partial charge in [-0.15, -0.1) is 0 Å². The van der Waals surface area contributed by atoms with Gasteiger partial charge in [0, 0.05) is 30.7 Å². The Morgan fingerprint density at radius 3 is 2.44 bits per heavy atom. The topological polar surface area (TPSA) is 93.9 Å². The van der Waals surface area contributed by atoms with Gasteiger partial charge in [-0.25, -0.2) is 18.4 Å². The Morgan fingerprint density at radius 2 is 1.71 bits per heavy atom. The molecule has 0 saturated carbocycles. The molecule has 0 atom stereocenters. The minimum Gasteiger partial charge on any atom is -0.453 e. The van der Waals surface area contributed by atoms with Gasteiger partial charge in [0.1, 0.15) is 22.8 Å². The molecule has 3 heterocycles. The number of hydrogen-bond acceptors (Lipinski definition) is 4. The number of H-pyrrole nitrogens is 1. The molecular weight excluding hydrogens is 528 g/mol. The first-order chi connectivity index (χ1) is 19.8. The van der Waals surface area contributed by atoms with Crippen LogP contribution >= 0.6 is 0 Å². The van der Waals surface area contributed by atoms with Gasteiger partial charge >= 0.3 is 0 Å². The van der Waals surface area contributed by atoms with Crippen LogP contribution < -0.4 is 15.6 Å². The Bertz CT molecular complexity index is 1980. The van der Waals surface area contributed by atoms with Crippen LogP contribution in [0.4, 0.5) is 14.5 Å². The van der Waals surface area contributed by atoms with Gasteiger partial charge in [-0.3, -0.25) is 14.3 Å². The fourth-order valence-corrected chi connectivity index (χ4v) is 4.68. The number of carbonyl (C=O) groups is 1. The molecule has 0 radical (unpaired) electrons. The van der Waals surface area contributed by atoms with Gasteiger partial charge in [-0.2, -0.15) is 0 Å². The Balaban J connectivity index is 1.24. The number of carbonyl (C=O) groups excluding carboxylic acids is 1. The SMILES string of the molecule is Cc1c(C(=O)Nc2ccc(Oc3ccnc4[nH]c(-c5ccccc5)cc34)c(F)c2)c(=O)n(-c2ccc(F)cc2)n1C. The number of rotatable bonds is 6. The Labute approximate surface area is 232 Å². The van der Waals surface area contributed by atoms with Gasteiger partial charge in [0.2, 0.25) is 0 Å². The standard InChI is InChI=1S/C31H23F2N5O3/c1-18-28(31(40)38(37(18)2)22-11-8-20(32)9-12-22)30(39)35-21-10-13-27(24(33)16-21)41-26-14-15-34-29-23(26)17-25(36-29)19-6-4-3-5-7-19/h3-17H,1-2H3,(H,34,36)(H,35,39). The average Bonchev–Trinajstić information content (AvgIpc) is 3.50. The highest BCUT2D eigenvalue weighted by molar-refractivity contribution is 6.05. The van der Waals surface area contributed by atoms with Gasteiger partial charge in [0.25, 0.3) is 11.5 Å². The minimum atomic E-state index is -0.708. The number of nitrogens with zero attached hydrogens (tertiary/aromatic N) is 3. The lowest BCUT2D eigenvalue weighted by Gasteiger charge is -2.10. The number of hydrogen-bond donors (Lipinski definition) is 2. The summed E-state index contributed by atoms with van der Waals surface area (Å²) < 4.78 is 37.2. The number of halogens is 2.